The van der Waals surface area contributed by atoms with Crippen molar-refractivity contribution in [1.29, 1.82) is 0 Å². The van der Waals surface area contributed by atoms with E-state index in [1.165, 1.54) is 6.42 Å². The van der Waals surface area contributed by atoms with E-state index in [2.05, 4.69) is 48.7 Å². The number of likely N-dealkylation sites (tertiary alicyclic amines) is 1. The van der Waals surface area contributed by atoms with Crippen LogP contribution in [-0.2, 0) is 12.1 Å². The van der Waals surface area contributed by atoms with E-state index in [1.54, 1.807) is 12.6 Å². The van der Waals surface area contributed by atoms with E-state index in [-0.39, 0.29) is 5.54 Å². The molecule has 22 heavy (non-hydrogen) atoms. The summed E-state index contributed by atoms with van der Waals surface area (Å²) in [6.07, 6.45) is 5.79. The van der Waals surface area contributed by atoms with Crippen molar-refractivity contribution in [2.24, 2.45) is 5.92 Å². The highest BCUT2D eigenvalue weighted by molar-refractivity contribution is 5.07. The molecule has 0 aromatic carbocycles. The molecule has 0 N–H and O–H groups in total. The van der Waals surface area contributed by atoms with Gasteiger partial charge in [-0.25, -0.2) is 9.67 Å². The lowest BCUT2D eigenvalue weighted by molar-refractivity contribution is 0.0883. The molecule has 5 heteroatoms. The van der Waals surface area contributed by atoms with Crippen LogP contribution in [0.2, 0.25) is 0 Å². The van der Waals surface area contributed by atoms with Crippen LogP contribution in [0.4, 0.5) is 0 Å². The zero-order valence-corrected chi connectivity index (χ0v) is 14.0. The lowest BCUT2D eigenvalue weighted by Crippen LogP contribution is -2.37. The molecule has 0 bridgehead atoms. The molecule has 1 fully saturated rings. The first kappa shape index (κ1) is 15.3. The monoisotopic (exact) mass is 302 g/mol. The summed E-state index contributed by atoms with van der Waals surface area (Å²) >= 11 is 0. The molecule has 1 saturated heterocycles. The molecule has 5 nitrogen and oxygen atoms in total. The maximum atomic E-state index is 5.68. The Balaban J connectivity index is 1.82. The molecule has 120 valence electrons. The molecule has 1 aliphatic rings. The Bertz CT molecular complexity index is 596. The number of piperidine rings is 1. The second-order valence-corrected chi connectivity index (χ2v) is 7.39. The van der Waals surface area contributed by atoms with Gasteiger partial charge in [0.05, 0.1) is 24.4 Å². The fourth-order valence-corrected chi connectivity index (χ4v) is 3.27. The van der Waals surface area contributed by atoms with Gasteiger partial charge in [0.1, 0.15) is 17.9 Å². The zero-order valence-electron chi connectivity index (χ0n) is 14.0. The maximum absolute atomic E-state index is 5.68. The third kappa shape index (κ3) is 3.09. The molecule has 2 atom stereocenters. The minimum atomic E-state index is -0.0465. The Morgan fingerprint density at radius 1 is 1.36 bits per heavy atom. The molecular weight excluding hydrogens is 276 g/mol. The third-order valence-electron chi connectivity index (χ3n) is 4.45. The quantitative estimate of drug-likeness (QED) is 0.869. The predicted octanol–water partition coefficient (Wildman–Crippen LogP) is 3.60. The van der Waals surface area contributed by atoms with Gasteiger partial charge in [-0.3, -0.25) is 4.90 Å². The third-order valence-corrected chi connectivity index (χ3v) is 4.45. The molecule has 0 spiro atoms. The Morgan fingerprint density at radius 3 is 2.86 bits per heavy atom. The molecular formula is C17H26N4O. The first-order valence-corrected chi connectivity index (χ1v) is 8.12. The number of furan rings is 1. The van der Waals surface area contributed by atoms with Crippen LogP contribution >= 0.6 is 0 Å². The topological polar surface area (TPSA) is 47.1 Å². The average Bonchev–Trinajstić information content (AvgIpc) is 3.10. The van der Waals surface area contributed by atoms with Gasteiger partial charge in [0, 0.05) is 0 Å². The van der Waals surface area contributed by atoms with Gasteiger partial charge in [0.15, 0.2) is 0 Å². The van der Waals surface area contributed by atoms with E-state index in [0.717, 1.165) is 37.0 Å². The van der Waals surface area contributed by atoms with Crippen molar-refractivity contribution in [3.8, 4) is 0 Å². The van der Waals surface area contributed by atoms with Crippen molar-refractivity contribution in [3.05, 3.63) is 36.3 Å². The fraction of sp³-hybridized carbons (Fsp3) is 0.647. The summed E-state index contributed by atoms with van der Waals surface area (Å²) in [6, 6.07) is 4.40. The van der Waals surface area contributed by atoms with Crippen LogP contribution in [0, 0.1) is 5.92 Å². The predicted molar refractivity (Wildman–Crippen MR) is 85.3 cm³/mol. The van der Waals surface area contributed by atoms with Crippen LogP contribution in [0.3, 0.4) is 0 Å². The largest absolute Gasteiger partial charge is 0.468 e. The minimum absolute atomic E-state index is 0.0465. The van der Waals surface area contributed by atoms with Crippen molar-refractivity contribution >= 4 is 0 Å². The van der Waals surface area contributed by atoms with Crippen molar-refractivity contribution in [2.45, 2.75) is 58.7 Å². The van der Waals surface area contributed by atoms with Gasteiger partial charge in [0.2, 0.25) is 0 Å². The van der Waals surface area contributed by atoms with Crippen LogP contribution in [0.15, 0.2) is 29.1 Å². The Morgan fingerprint density at radius 2 is 2.18 bits per heavy atom. The average molecular weight is 302 g/mol. The summed E-state index contributed by atoms with van der Waals surface area (Å²) < 4.78 is 7.72. The molecule has 2 aromatic heterocycles. The van der Waals surface area contributed by atoms with E-state index in [9.17, 15) is 0 Å². The number of aromatic nitrogens is 3. The zero-order chi connectivity index (χ0) is 15.7. The summed E-state index contributed by atoms with van der Waals surface area (Å²) in [6.45, 7) is 10.7. The second-order valence-electron chi connectivity index (χ2n) is 7.39. The molecule has 2 aromatic rings. The second kappa shape index (κ2) is 5.88. The van der Waals surface area contributed by atoms with Crippen molar-refractivity contribution in [2.75, 3.05) is 6.54 Å². The van der Waals surface area contributed by atoms with E-state index < -0.39 is 0 Å². The fourth-order valence-electron chi connectivity index (χ4n) is 3.27. The van der Waals surface area contributed by atoms with Crippen LogP contribution in [0.25, 0.3) is 0 Å². The normalized spacial score (nSPS) is 23.8. The SMILES string of the molecule is C[C@@H]1CCN(Cc2ncnn2C(C)(C)C)[C@@H](c2ccco2)C1. The Labute approximate surface area is 132 Å². The lowest BCUT2D eigenvalue weighted by Gasteiger charge is -2.37. The smallest absolute Gasteiger partial charge is 0.141 e. The van der Waals surface area contributed by atoms with E-state index in [1.807, 2.05) is 10.7 Å². The van der Waals surface area contributed by atoms with Crippen molar-refractivity contribution in [3.63, 3.8) is 0 Å². The molecule has 0 amide bonds. The molecule has 3 heterocycles. The maximum Gasteiger partial charge on any atom is 0.141 e. The number of rotatable bonds is 3. The molecule has 0 aliphatic carbocycles. The Kier molecular flexibility index (Phi) is 4.08. The Hall–Kier alpha value is -1.62. The number of hydrogen-bond donors (Lipinski definition) is 0. The van der Waals surface area contributed by atoms with Crippen LogP contribution < -0.4 is 0 Å². The van der Waals surface area contributed by atoms with Crippen LogP contribution in [0.5, 0.6) is 0 Å². The molecule has 1 aliphatic heterocycles. The highest BCUT2D eigenvalue weighted by Gasteiger charge is 2.31. The van der Waals surface area contributed by atoms with Gasteiger partial charge in [-0.15, -0.1) is 0 Å². The first-order chi connectivity index (χ1) is 10.4. The highest BCUT2D eigenvalue weighted by atomic mass is 16.3. The van der Waals surface area contributed by atoms with Crippen molar-refractivity contribution < 1.29 is 4.42 Å². The molecule has 0 saturated carbocycles. The summed E-state index contributed by atoms with van der Waals surface area (Å²) in [5, 5.41) is 4.41. The molecule has 0 unspecified atom stereocenters. The van der Waals surface area contributed by atoms with E-state index >= 15 is 0 Å². The van der Waals surface area contributed by atoms with E-state index in [0.29, 0.717) is 6.04 Å². The summed E-state index contributed by atoms with van der Waals surface area (Å²) in [5.41, 5.74) is -0.0465. The number of nitrogens with zero attached hydrogens (tertiary/aromatic N) is 4. The standard InChI is InChI=1S/C17H26N4O/c1-13-7-8-20(14(10-13)15-6-5-9-22-15)11-16-18-12-19-21(16)17(2,3)4/h5-6,9,12-14H,7-8,10-11H2,1-4H3/t13-,14-/m1/s1. The first-order valence-electron chi connectivity index (χ1n) is 8.12. The van der Waals surface area contributed by atoms with Gasteiger partial charge in [0.25, 0.3) is 0 Å². The number of hydrogen-bond acceptors (Lipinski definition) is 4. The summed E-state index contributed by atoms with van der Waals surface area (Å²) in [4.78, 5) is 6.97. The van der Waals surface area contributed by atoms with Crippen LogP contribution in [0.1, 0.15) is 58.2 Å². The van der Waals surface area contributed by atoms with Gasteiger partial charge in [-0.1, -0.05) is 6.92 Å². The van der Waals surface area contributed by atoms with Crippen molar-refractivity contribution in [1.82, 2.24) is 19.7 Å². The highest BCUT2D eigenvalue weighted by Crippen LogP contribution is 2.35. The summed E-state index contributed by atoms with van der Waals surface area (Å²) in [5.74, 6) is 2.82. The summed E-state index contributed by atoms with van der Waals surface area (Å²) in [7, 11) is 0. The van der Waals surface area contributed by atoms with Gasteiger partial charge < -0.3 is 4.42 Å². The van der Waals surface area contributed by atoms with Gasteiger partial charge in [-0.05, 0) is 58.2 Å². The minimum Gasteiger partial charge on any atom is -0.468 e. The van der Waals surface area contributed by atoms with E-state index in [4.69, 9.17) is 4.42 Å². The molecule has 0 radical (unpaired) electrons. The lowest BCUT2D eigenvalue weighted by atomic mass is 9.91. The van der Waals surface area contributed by atoms with Crippen LogP contribution in [-0.4, -0.2) is 26.2 Å². The van der Waals surface area contributed by atoms with Gasteiger partial charge >= 0.3 is 0 Å². The molecule has 3 rings (SSSR count). The van der Waals surface area contributed by atoms with Gasteiger partial charge in [-0.2, -0.15) is 5.10 Å².